The lowest BCUT2D eigenvalue weighted by Gasteiger charge is -2.32. The number of esters is 1. The molecule has 0 bridgehead atoms. The molecular formula is C12H20FNO2. The van der Waals surface area contributed by atoms with Crippen LogP contribution in [-0.4, -0.2) is 36.6 Å². The van der Waals surface area contributed by atoms with Crippen molar-refractivity contribution < 1.29 is 13.9 Å². The normalized spacial score (nSPS) is 28.6. The molecule has 16 heavy (non-hydrogen) atoms. The number of nitrogens with zero attached hydrogens (tertiary/aromatic N) is 1. The smallest absolute Gasteiger partial charge is 0.326 e. The van der Waals surface area contributed by atoms with Gasteiger partial charge >= 0.3 is 5.97 Å². The minimum atomic E-state index is -0.650. The SMILES string of the molecule is CCCC1(C(=O)OCC)C/C(=C/F)CN1C. The molecule has 1 heterocycles. The summed E-state index contributed by atoms with van der Waals surface area (Å²) in [7, 11) is 1.85. The van der Waals surface area contributed by atoms with Crippen molar-refractivity contribution in [2.24, 2.45) is 0 Å². The Labute approximate surface area is 96.3 Å². The molecule has 4 heteroatoms. The fourth-order valence-corrected chi connectivity index (χ4v) is 2.38. The van der Waals surface area contributed by atoms with Crippen LogP contribution in [0.15, 0.2) is 11.9 Å². The number of hydrogen-bond acceptors (Lipinski definition) is 3. The first-order valence-corrected chi connectivity index (χ1v) is 5.77. The van der Waals surface area contributed by atoms with Crippen molar-refractivity contribution in [2.75, 3.05) is 20.2 Å². The lowest BCUT2D eigenvalue weighted by atomic mass is 9.90. The Kier molecular flexibility index (Phi) is 4.47. The fraction of sp³-hybridized carbons (Fsp3) is 0.750. The van der Waals surface area contributed by atoms with Gasteiger partial charge in [-0.2, -0.15) is 0 Å². The molecule has 92 valence electrons. The van der Waals surface area contributed by atoms with Gasteiger partial charge in [-0.3, -0.25) is 9.69 Å². The van der Waals surface area contributed by atoms with E-state index in [1.807, 2.05) is 18.9 Å². The number of rotatable bonds is 4. The van der Waals surface area contributed by atoms with Gasteiger partial charge in [-0.25, -0.2) is 4.39 Å². The average molecular weight is 229 g/mol. The van der Waals surface area contributed by atoms with E-state index in [-0.39, 0.29) is 5.97 Å². The van der Waals surface area contributed by atoms with Crippen LogP contribution < -0.4 is 0 Å². The third-order valence-corrected chi connectivity index (χ3v) is 3.16. The summed E-state index contributed by atoms with van der Waals surface area (Å²) in [5, 5.41) is 0. The van der Waals surface area contributed by atoms with Gasteiger partial charge in [-0.15, -0.1) is 0 Å². The van der Waals surface area contributed by atoms with Crippen LogP contribution in [0.1, 0.15) is 33.1 Å². The van der Waals surface area contributed by atoms with Gasteiger partial charge in [0.15, 0.2) is 0 Å². The Balaban J connectivity index is 2.92. The molecule has 1 rings (SSSR count). The number of carbonyl (C=O) groups is 1. The Morgan fingerprint density at radius 2 is 2.31 bits per heavy atom. The Morgan fingerprint density at radius 1 is 1.62 bits per heavy atom. The second-order valence-corrected chi connectivity index (χ2v) is 4.30. The second kappa shape index (κ2) is 5.43. The molecule has 3 nitrogen and oxygen atoms in total. The highest BCUT2D eigenvalue weighted by molar-refractivity contribution is 5.82. The van der Waals surface area contributed by atoms with Gasteiger partial charge in [-0.1, -0.05) is 13.3 Å². The van der Waals surface area contributed by atoms with Crippen LogP contribution in [0.2, 0.25) is 0 Å². The molecule has 1 unspecified atom stereocenters. The first-order chi connectivity index (χ1) is 7.60. The Morgan fingerprint density at radius 3 is 2.75 bits per heavy atom. The molecule has 1 atom stereocenters. The summed E-state index contributed by atoms with van der Waals surface area (Å²) in [6.45, 7) is 4.69. The molecule has 1 aliphatic rings. The maximum atomic E-state index is 12.6. The zero-order chi connectivity index (χ0) is 12.2. The van der Waals surface area contributed by atoms with Gasteiger partial charge in [0.2, 0.25) is 0 Å². The highest BCUT2D eigenvalue weighted by Gasteiger charge is 2.47. The summed E-state index contributed by atoms with van der Waals surface area (Å²) in [6.07, 6.45) is 2.65. The van der Waals surface area contributed by atoms with Crippen LogP contribution in [0, 0.1) is 0 Å². The predicted molar refractivity (Wildman–Crippen MR) is 60.7 cm³/mol. The summed E-state index contributed by atoms with van der Waals surface area (Å²) in [5.74, 6) is -0.226. The lowest BCUT2D eigenvalue weighted by molar-refractivity contribution is -0.155. The van der Waals surface area contributed by atoms with E-state index >= 15 is 0 Å². The molecule has 0 aromatic carbocycles. The van der Waals surface area contributed by atoms with Gasteiger partial charge in [-0.05, 0) is 26.0 Å². The molecule has 0 spiro atoms. The summed E-state index contributed by atoms with van der Waals surface area (Å²) >= 11 is 0. The highest BCUT2D eigenvalue weighted by atomic mass is 19.1. The van der Waals surface area contributed by atoms with Crippen molar-refractivity contribution in [3.63, 3.8) is 0 Å². The molecule has 0 saturated carbocycles. The van der Waals surface area contributed by atoms with Crippen molar-refractivity contribution >= 4 is 5.97 Å². The molecule has 0 aromatic rings. The standard InChI is InChI=1S/C12H20FNO2/c1-4-6-12(11(15)16-5-2)7-10(8-13)9-14(12)3/h8H,4-7,9H2,1-3H3/b10-8-. The summed E-state index contributed by atoms with van der Waals surface area (Å²) < 4.78 is 17.7. The second-order valence-electron chi connectivity index (χ2n) is 4.30. The third-order valence-electron chi connectivity index (χ3n) is 3.16. The largest absolute Gasteiger partial charge is 0.465 e. The first kappa shape index (κ1) is 13.2. The van der Waals surface area contributed by atoms with Crippen LogP contribution in [-0.2, 0) is 9.53 Å². The van der Waals surface area contributed by atoms with E-state index in [9.17, 15) is 9.18 Å². The van der Waals surface area contributed by atoms with Crippen LogP contribution >= 0.6 is 0 Å². The molecule has 1 fully saturated rings. The van der Waals surface area contributed by atoms with Crippen molar-refractivity contribution in [3.8, 4) is 0 Å². The molecule has 0 aromatic heterocycles. The number of halogens is 1. The number of likely N-dealkylation sites (tertiary alicyclic amines) is 1. The van der Waals surface area contributed by atoms with E-state index in [0.29, 0.717) is 37.9 Å². The average Bonchev–Trinajstić information content (AvgIpc) is 2.58. The summed E-state index contributed by atoms with van der Waals surface area (Å²) in [6, 6.07) is 0. The van der Waals surface area contributed by atoms with Crippen LogP contribution in [0.3, 0.4) is 0 Å². The third kappa shape index (κ3) is 2.26. The lowest BCUT2D eigenvalue weighted by Crippen LogP contribution is -2.49. The van der Waals surface area contributed by atoms with E-state index in [2.05, 4.69) is 0 Å². The maximum Gasteiger partial charge on any atom is 0.326 e. The van der Waals surface area contributed by atoms with Crippen LogP contribution in [0.4, 0.5) is 4.39 Å². The molecule has 1 aliphatic heterocycles. The van der Waals surface area contributed by atoms with E-state index in [0.717, 1.165) is 6.42 Å². The summed E-state index contributed by atoms with van der Waals surface area (Å²) in [4.78, 5) is 13.9. The van der Waals surface area contributed by atoms with E-state index in [1.54, 1.807) is 6.92 Å². The topological polar surface area (TPSA) is 29.5 Å². The molecule has 0 amide bonds. The van der Waals surface area contributed by atoms with Gasteiger partial charge in [0, 0.05) is 13.0 Å². The molecule has 0 N–H and O–H groups in total. The number of carbonyl (C=O) groups excluding carboxylic acids is 1. The molecule has 1 saturated heterocycles. The van der Waals surface area contributed by atoms with Gasteiger partial charge in [0.25, 0.3) is 0 Å². The minimum absolute atomic E-state index is 0.226. The quantitative estimate of drug-likeness (QED) is 0.693. The van der Waals surface area contributed by atoms with E-state index < -0.39 is 5.54 Å². The van der Waals surface area contributed by atoms with Crippen molar-refractivity contribution in [2.45, 2.75) is 38.6 Å². The maximum absolute atomic E-state index is 12.6. The van der Waals surface area contributed by atoms with Gasteiger partial charge in [0.1, 0.15) is 5.54 Å². The molecule has 0 aliphatic carbocycles. The zero-order valence-electron chi connectivity index (χ0n) is 10.3. The molecule has 0 radical (unpaired) electrons. The Hall–Kier alpha value is -0.900. The molecular weight excluding hydrogens is 209 g/mol. The van der Waals surface area contributed by atoms with Gasteiger partial charge < -0.3 is 4.74 Å². The van der Waals surface area contributed by atoms with Gasteiger partial charge in [0.05, 0.1) is 12.9 Å². The van der Waals surface area contributed by atoms with E-state index in [1.165, 1.54) is 0 Å². The number of ether oxygens (including phenoxy) is 1. The van der Waals surface area contributed by atoms with E-state index in [4.69, 9.17) is 4.74 Å². The first-order valence-electron chi connectivity index (χ1n) is 5.77. The van der Waals surface area contributed by atoms with Crippen molar-refractivity contribution in [1.29, 1.82) is 0 Å². The van der Waals surface area contributed by atoms with Crippen LogP contribution in [0.25, 0.3) is 0 Å². The minimum Gasteiger partial charge on any atom is -0.465 e. The highest BCUT2D eigenvalue weighted by Crippen LogP contribution is 2.36. The van der Waals surface area contributed by atoms with Crippen molar-refractivity contribution in [1.82, 2.24) is 4.90 Å². The predicted octanol–water partition coefficient (Wildman–Crippen LogP) is 2.28. The summed E-state index contributed by atoms with van der Waals surface area (Å²) in [5.41, 5.74) is 0.0203. The van der Waals surface area contributed by atoms with Crippen LogP contribution in [0.5, 0.6) is 0 Å². The van der Waals surface area contributed by atoms with Crippen molar-refractivity contribution in [3.05, 3.63) is 11.9 Å². The number of likely N-dealkylation sites (N-methyl/N-ethyl adjacent to an activating group) is 1. The number of hydrogen-bond donors (Lipinski definition) is 0. The monoisotopic (exact) mass is 229 g/mol. The fourth-order valence-electron chi connectivity index (χ4n) is 2.38. The Bertz CT molecular complexity index is 291. The zero-order valence-corrected chi connectivity index (χ0v) is 10.3.